The van der Waals surface area contributed by atoms with Crippen molar-refractivity contribution in [2.75, 3.05) is 0 Å². The molecule has 27 heavy (non-hydrogen) atoms. The number of nitrogens with zero attached hydrogens (tertiary/aromatic N) is 5. The summed E-state index contributed by atoms with van der Waals surface area (Å²) in [6.45, 7) is 4.60. The molecule has 0 radical (unpaired) electrons. The molecule has 7 heteroatoms. The van der Waals surface area contributed by atoms with E-state index in [1.54, 1.807) is 20.0 Å². The third kappa shape index (κ3) is 3.78. The van der Waals surface area contributed by atoms with Gasteiger partial charge in [0, 0.05) is 31.8 Å². The molecule has 142 valence electrons. The third-order valence-corrected chi connectivity index (χ3v) is 5.05. The number of aliphatic hydroxyl groups excluding tert-OH is 1. The summed E-state index contributed by atoms with van der Waals surface area (Å²) in [4.78, 5) is 1.52. The van der Waals surface area contributed by atoms with Crippen LogP contribution in [-0.4, -0.2) is 29.9 Å². The first-order chi connectivity index (χ1) is 12.9. The van der Waals surface area contributed by atoms with Crippen LogP contribution < -0.4 is 0 Å². The Morgan fingerprint density at radius 1 is 1.26 bits per heavy atom. The van der Waals surface area contributed by atoms with Gasteiger partial charge in [0.1, 0.15) is 11.5 Å². The zero-order valence-corrected chi connectivity index (χ0v) is 15.9. The van der Waals surface area contributed by atoms with E-state index in [0.29, 0.717) is 23.2 Å². The van der Waals surface area contributed by atoms with Gasteiger partial charge in [-0.05, 0) is 61.9 Å². The Morgan fingerprint density at radius 2 is 2.04 bits per heavy atom. The minimum Gasteiger partial charge on any atom is -0.389 e. The number of benzene rings is 1. The van der Waals surface area contributed by atoms with Crippen molar-refractivity contribution in [1.29, 1.82) is 0 Å². The molecule has 4 rings (SSSR count). The molecule has 1 aromatic carbocycles. The van der Waals surface area contributed by atoms with Crippen molar-refractivity contribution in [2.24, 2.45) is 13.0 Å². The highest BCUT2D eigenvalue weighted by Crippen LogP contribution is 2.32. The lowest BCUT2D eigenvalue weighted by Crippen LogP contribution is -2.00. The van der Waals surface area contributed by atoms with Gasteiger partial charge in [0.25, 0.3) is 0 Å². The fraction of sp³-hybridized carbons (Fsp3) is 0.450. The monoisotopic (exact) mass is 369 g/mol. The van der Waals surface area contributed by atoms with Crippen molar-refractivity contribution >= 4 is 0 Å². The SMILES string of the molecule is Cc1nn(CC2CC2)cc1Cc1nn(C)nc1-c1ccc(F)cc1C(C)O. The quantitative estimate of drug-likeness (QED) is 0.725. The van der Waals surface area contributed by atoms with Crippen LogP contribution in [0.5, 0.6) is 0 Å². The maximum atomic E-state index is 13.7. The highest BCUT2D eigenvalue weighted by Gasteiger charge is 2.23. The number of aliphatic hydroxyl groups is 1. The molecule has 0 spiro atoms. The molecule has 0 amide bonds. The molecule has 6 nitrogen and oxygen atoms in total. The molecule has 1 aliphatic carbocycles. The van der Waals surface area contributed by atoms with Crippen LogP contribution in [0.15, 0.2) is 24.4 Å². The van der Waals surface area contributed by atoms with Crippen LogP contribution in [0.4, 0.5) is 4.39 Å². The van der Waals surface area contributed by atoms with E-state index in [-0.39, 0.29) is 5.82 Å². The number of hydrogen-bond acceptors (Lipinski definition) is 4. The van der Waals surface area contributed by atoms with Crippen LogP contribution in [0.1, 0.15) is 48.4 Å². The summed E-state index contributed by atoms with van der Waals surface area (Å²) in [6.07, 6.45) is 4.46. The Balaban J connectivity index is 1.69. The topological polar surface area (TPSA) is 68.8 Å². The fourth-order valence-corrected chi connectivity index (χ4v) is 3.44. The fourth-order valence-electron chi connectivity index (χ4n) is 3.44. The van der Waals surface area contributed by atoms with Crippen LogP contribution in [-0.2, 0) is 20.0 Å². The van der Waals surface area contributed by atoms with Crippen LogP contribution in [0.25, 0.3) is 11.3 Å². The van der Waals surface area contributed by atoms with E-state index in [1.165, 1.54) is 29.8 Å². The second-order valence-corrected chi connectivity index (χ2v) is 7.47. The summed E-state index contributed by atoms with van der Waals surface area (Å²) in [5.41, 5.74) is 4.78. The predicted octanol–water partition coefficient (Wildman–Crippen LogP) is 3.18. The largest absolute Gasteiger partial charge is 0.389 e. The molecule has 0 bridgehead atoms. The highest BCUT2D eigenvalue weighted by molar-refractivity contribution is 5.66. The van der Waals surface area contributed by atoms with Gasteiger partial charge in [-0.25, -0.2) is 4.39 Å². The minimum absolute atomic E-state index is 0.378. The third-order valence-electron chi connectivity index (χ3n) is 5.05. The zero-order chi connectivity index (χ0) is 19.1. The van der Waals surface area contributed by atoms with E-state index in [4.69, 9.17) is 0 Å². The Hall–Kier alpha value is -2.54. The maximum absolute atomic E-state index is 13.7. The molecule has 1 fully saturated rings. The number of aryl methyl sites for hydroxylation is 2. The van der Waals surface area contributed by atoms with Crippen molar-refractivity contribution in [3.8, 4) is 11.3 Å². The van der Waals surface area contributed by atoms with Gasteiger partial charge in [-0.3, -0.25) is 4.68 Å². The lowest BCUT2D eigenvalue weighted by Gasteiger charge is -2.11. The molecular weight excluding hydrogens is 345 g/mol. The highest BCUT2D eigenvalue weighted by atomic mass is 19.1. The van der Waals surface area contributed by atoms with Crippen LogP contribution in [0.2, 0.25) is 0 Å². The molecule has 1 saturated carbocycles. The molecular formula is C20H24FN5O. The number of halogens is 1. The van der Waals surface area contributed by atoms with E-state index < -0.39 is 6.10 Å². The lowest BCUT2D eigenvalue weighted by molar-refractivity contribution is 0.199. The molecule has 1 N–H and O–H groups in total. The van der Waals surface area contributed by atoms with Gasteiger partial charge in [-0.1, -0.05) is 0 Å². The summed E-state index contributed by atoms with van der Waals surface area (Å²) in [6, 6.07) is 4.41. The first kappa shape index (κ1) is 17.9. The van der Waals surface area contributed by atoms with E-state index in [9.17, 15) is 9.50 Å². The van der Waals surface area contributed by atoms with E-state index in [1.807, 2.05) is 11.6 Å². The van der Waals surface area contributed by atoms with Gasteiger partial charge in [0.15, 0.2) is 0 Å². The molecule has 1 atom stereocenters. The molecule has 3 aromatic rings. The Morgan fingerprint density at radius 3 is 2.74 bits per heavy atom. The van der Waals surface area contributed by atoms with Gasteiger partial charge < -0.3 is 5.11 Å². The molecule has 2 heterocycles. The predicted molar refractivity (Wildman–Crippen MR) is 99.5 cm³/mol. The van der Waals surface area contributed by atoms with Crippen LogP contribution >= 0.6 is 0 Å². The average Bonchev–Trinajstić information content (AvgIpc) is 3.25. The Bertz CT molecular complexity index is 971. The van der Waals surface area contributed by atoms with Gasteiger partial charge in [0.2, 0.25) is 0 Å². The summed E-state index contributed by atoms with van der Waals surface area (Å²) in [7, 11) is 1.77. The van der Waals surface area contributed by atoms with E-state index >= 15 is 0 Å². The molecule has 0 aliphatic heterocycles. The second-order valence-electron chi connectivity index (χ2n) is 7.47. The summed E-state index contributed by atoms with van der Waals surface area (Å²) < 4.78 is 15.7. The van der Waals surface area contributed by atoms with Crippen LogP contribution in [0.3, 0.4) is 0 Å². The average molecular weight is 369 g/mol. The summed E-state index contributed by atoms with van der Waals surface area (Å²) in [5.74, 6) is 0.384. The standard InChI is InChI=1S/C20H24FN5O/c1-12-15(11-26(22-12)10-14-4-5-14)8-19-20(24-25(3)23-19)17-7-6-16(21)9-18(17)13(2)27/h6-7,9,11,13-14,27H,4-5,8,10H2,1-3H3. The van der Waals surface area contributed by atoms with E-state index in [2.05, 4.69) is 21.5 Å². The Kier molecular flexibility index (Phi) is 4.55. The smallest absolute Gasteiger partial charge is 0.123 e. The van der Waals surface area contributed by atoms with Crippen molar-refractivity contribution < 1.29 is 9.50 Å². The number of aromatic nitrogens is 5. The van der Waals surface area contributed by atoms with Crippen molar-refractivity contribution in [2.45, 2.75) is 45.8 Å². The zero-order valence-electron chi connectivity index (χ0n) is 15.9. The molecule has 2 aromatic heterocycles. The summed E-state index contributed by atoms with van der Waals surface area (Å²) >= 11 is 0. The summed E-state index contributed by atoms with van der Waals surface area (Å²) in [5, 5.41) is 23.7. The number of hydrogen-bond donors (Lipinski definition) is 1. The van der Waals surface area contributed by atoms with Crippen molar-refractivity contribution in [1.82, 2.24) is 24.8 Å². The number of rotatable bonds is 6. The van der Waals surface area contributed by atoms with Gasteiger partial charge in [-0.15, -0.1) is 0 Å². The molecule has 0 saturated heterocycles. The maximum Gasteiger partial charge on any atom is 0.123 e. The lowest BCUT2D eigenvalue weighted by atomic mass is 9.97. The van der Waals surface area contributed by atoms with E-state index in [0.717, 1.165) is 29.4 Å². The van der Waals surface area contributed by atoms with Crippen LogP contribution in [0, 0.1) is 18.7 Å². The van der Waals surface area contributed by atoms with Crippen molar-refractivity contribution in [3.05, 3.63) is 52.7 Å². The minimum atomic E-state index is -0.798. The normalized spacial score (nSPS) is 15.3. The Labute approximate surface area is 157 Å². The first-order valence-corrected chi connectivity index (χ1v) is 9.31. The van der Waals surface area contributed by atoms with Gasteiger partial charge in [-0.2, -0.15) is 20.1 Å². The van der Waals surface area contributed by atoms with Gasteiger partial charge in [0.05, 0.1) is 17.5 Å². The molecule has 1 aliphatic rings. The second kappa shape index (κ2) is 6.88. The van der Waals surface area contributed by atoms with Gasteiger partial charge >= 0.3 is 0 Å². The van der Waals surface area contributed by atoms with Crippen molar-refractivity contribution in [3.63, 3.8) is 0 Å². The molecule has 1 unspecified atom stereocenters. The first-order valence-electron chi connectivity index (χ1n) is 9.31.